The van der Waals surface area contributed by atoms with E-state index < -0.39 is 0 Å². The van der Waals surface area contributed by atoms with Crippen LogP contribution in [0.1, 0.15) is 17.4 Å². The fraction of sp³-hybridized carbons (Fsp3) is 0.400. The molecule has 1 saturated heterocycles. The van der Waals surface area contributed by atoms with E-state index in [4.69, 9.17) is 9.47 Å². The van der Waals surface area contributed by atoms with Crippen molar-refractivity contribution in [3.8, 4) is 0 Å². The van der Waals surface area contributed by atoms with Crippen molar-refractivity contribution in [2.75, 3.05) is 18.5 Å². The Bertz CT molecular complexity index is 413. The van der Waals surface area contributed by atoms with Crippen LogP contribution in [0, 0.1) is 0 Å². The molecule has 0 atom stereocenters. The van der Waals surface area contributed by atoms with Crippen LogP contribution in [0.15, 0.2) is 12.3 Å². The van der Waals surface area contributed by atoms with Crippen molar-refractivity contribution in [3.05, 3.63) is 23.4 Å². The zero-order valence-electron chi connectivity index (χ0n) is 8.03. The van der Waals surface area contributed by atoms with Gasteiger partial charge < -0.3 is 14.8 Å². The number of carbonyl (C=O) groups excluding carboxylic acids is 1. The monoisotopic (exact) mass is 206 g/mol. The third-order valence-electron chi connectivity index (χ3n) is 2.56. The van der Waals surface area contributed by atoms with Crippen molar-refractivity contribution in [1.29, 1.82) is 0 Å². The normalized spacial score (nSPS) is 20.4. The highest BCUT2D eigenvalue weighted by atomic mass is 16.7. The molecule has 3 rings (SSSR count). The van der Waals surface area contributed by atoms with Gasteiger partial charge in [-0.1, -0.05) is 0 Å². The van der Waals surface area contributed by atoms with Crippen LogP contribution in [0.4, 0.5) is 5.82 Å². The molecule has 3 heterocycles. The molecule has 0 aromatic carbocycles. The van der Waals surface area contributed by atoms with Crippen molar-refractivity contribution in [3.63, 3.8) is 0 Å². The average molecular weight is 206 g/mol. The van der Waals surface area contributed by atoms with Crippen LogP contribution in [0.2, 0.25) is 0 Å². The summed E-state index contributed by atoms with van der Waals surface area (Å²) in [5, 5.41) is 2.70. The van der Waals surface area contributed by atoms with Gasteiger partial charge in [0.2, 0.25) is 5.91 Å². The summed E-state index contributed by atoms with van der Waals surface area (Å²) in [6.07, 6.45) is 1.68. The molecule has 0 bridgehead atoms. The van der Waals surface area contributed by atoms with Crippen molar-refractivity contribution >= 4 is 11.7 Å². The summed E-state index contributed by atoms with van der Waals surface area (Å²) in [5.74, 6) is 0.611. The Labute approximate surface area is 86.4 Å². The van der Waals surface area contributed by atoms with Gasteiger partial charge in [0, 0.05) is 17.3 Å². The predicted octanol–water partition coefficient (Wildman–Crippen LogP) is 0.622. The molecule has 1 amide bonds. The maximum Gasteiger partial charge on any atom is 0.230 e. The first kappa shape index (κ1) is 8.82. The average Bonchev–Trinajstić information content (AvgIpc) is 2.82. The minimum absolute atomic E-state index is 0.0250. The third kappa shape index (κ3) is 1.40. The number of ether oxygens (including phenoxy) is 2. The molecular weight excluding hydrogens is 196 g/mol. The molecule has 1 aromatic heterocycles. The van der Waals surface area contributed by atoms with E-state index >= 15 is 0 Å². The standard InChI is InChI=1S/C10H10N2O3/c13-8-5-7-6(10-14-3-4-15-10)1-2-11-9(7)12-8/h1-2,10H,3-5H2,(H,11,12,13). The molecular formula is C10H10N2O3. The predicted molar refractivity (Wildman–Crippen MR) is 51.2 cm³/mol. The summed E-state index contributed by atoms with van der Waals surface area (Å²) in [7, 11) is 0. The Morgan fingerprint density at radius 3 is 3.00 bits per heavy atom. The highest BCUT2D eigenvalue weighted by Gasteiger charge is 2.28. The van der Waals surface area contributed by atoms with Crippen molar-refractivity contribution in [2.24, 2.45) is 0 Å². The second-order valence-corrected chi connectivity index (χ2v) is 3.53. The van der Waals surface area contributed by atoms with Gasteiger partial charge in [-0.15, -0.1) is 0 Å². The largest absolute Gasteiger partial charge is 0.346 e. The fourth-order valence-corrected chi connectivity index (χ4v) is 1.90. The summed E-state index contributed by atoms with van der Waals surface area (Å²) < 4.78 is 10.8. The molecule has 0 unspecified atom stereocenters. The second-order valence-electron chi connectivity index (χ2n) is 3.53. The highest BCUT2D eigenvalue weighted by Crippen LogP contribution is 2.32. The molecule has 2 aliphatic rings. The number of hydrogen-bond acceptors (Lipinski definition) is 4. The Kier molecular flexibility index (Phi) is 1.93. The number of carbonyl (C=O) groups is 1. The smallest absolute Gasteiger partial charge is 0.230 e. The molecule has 0 saturated carbocycles. The van der Waals surface area contributed by atoms with E-state index in [1.807, 2.05) is 6.07 Å². The first-order valence-electron chi connectivity index (χ1n) is 4.85. The van der Waals surface area contributed by atoms with Crippen LogP contribution in [-0.4, -0.2) is 24.1 Å². The topological polar surface area (TPSA) is 60.5 Å². The molecule has 5 heteroatoms. The summed E-state index contributed by atoms with van der Waals surface area (Å²) in [5.41, 5.74) is 1.81. The number of aromatic nitrogens is 1. The van der Waals surface area contributed by atoms with Crippen molar-refractivity contribution < 1.29 is 14.3 Å². The number of amides is 1. The SMILES string of the molecule is O=C1Cc2c(C3OCCO3)ccnc2N1. The van der Waals surface area contributed by atoms with E-state index in [-0.39, 0.29) is 12.2 Å². The number of anilines is 1. The van der Waals surface area contributed by atoms with Gasteiger partial charge in [-0.3, -0.25) is 4.79 Å². The first-order valence-corrected chi connectivity index (χ1v) is 4.85. The maximum atomic E-state index is 11.2. The van der Waals surface area contributed by atoms with Crippen LogP contribution in [0.5, 0.6) is 0 Å². The quantitative estimate of drug-likeness (QED) is 0.731. The Morgan fingerprint density at radius 1 is 1.40 bits per heavy atom. The van der Waals surface area contributed by atoms with Crippen molar-refractivity contribution in [2.45, 2.75) is 12.7 Å². The number of fused-ring (bicyclic) bond motifs is 1. The van der Waals surface area contributed by atoms with Gasteiger partial charge >= 0.3 is 0 Å². The minimum Gasteiger partial charge on any atom is -0.346 e. The summed E-state index contributed by atoms with van der Waals surface area (Å²) in [6, 6.07) is 1.84. The zero-order valence-corrected chi connectivity index (χ0v) is 8.03. The molecule has 2 aliphatic heterocycles. The Balaban J connectivity index is 2.02. The lowest BCUT2D eigenvalue weighted by Gasteiger charge is -2.12. The minimum atomic E-state index is -0.338. The maximum absolute atomic E-state index is 11.2. The third-order valence-corrected chi connectivity index (χ3v) is 2.56. The molecule has 0 aliphatic carbocycles. The number of hydrogen-bond donors (Lipinski definition) is 1. The summed E-state index contributed by atoms with van der Waals surface area (Å²) >= 11 is 0. The molecule has 5 nitrogen and oxygen atoms in total. The van der Waals surface area contributed by atoms with Gasteiger partial charge in [-0.2, -0.15) is 0 Å². The van der Waals surface area contributed by atoms with Gasteiger partial charge in [0.05, 0.1) is 19.6 Å². The molecule has 1 N–H and O–H groups in total. The van der Waals surface area contributed by atoms with Crippen LogP contribution in [0.3, 0.4) is 0 Å². The lowest BCUT2D eigenvalue weighted by atomic mass is 10.1. The Morgan fingerprint density at radius 2 is 2.20 bits per heavy atom. The van der Waals surface area contributed by atoms with E-state index in [1.54, 1.807) is 6.20 Å². The first-order chi connectivity index (χ1) is 7.34. The Hall–Kier alpha value is -1.46. The summed E-state index contributed by atoms with van der Waals surface area (Å²) in [6.45, 7) is 1.20. The van der Waals surface area contributed by atoms with E-state index in [2.05, 4.69) is 10.3 Å². The second kappa shape index (κ2) is 3.29. The van der Waals surface area contributed by atoms with E-state index in [0.29, 0.717) is 25.5 Å². The van der Waals surface area contributed by atoms with E-state index in [0.717, 1.165) is 11.1 Å². The lowest BCUT2D eigenvalue weighted by Crippen LogP contribution is -2.04. The van der Waals surface area contributed by atoms with Gasteiger partial charge in [-0.25, -0.2) is 4.98 Å². The van der Waals surface area contributed by atoms with E-state index in [9.17, 15) is 4.79 Å². The molecule has 78 valence electrons. The number of pyridine rings is 1. The molecule has 0 radical (unpaired) electrons. The van der Waals surface area contributed by atoms with Gasteiger partial charge in [0.1, 0.15) is 5.82 Å². The van der Waals surface area contributed by atoms with Gasteiger partial charge in [-0.05, 0) is 6.07 Å². The molecule has 1 fully saturated rings. The number of nitrogens with zero attached hydrogens (tertiary/aromatic N) is 1. The molecule has 0 spiro atoms. The van der Waals surface area contributed by atoms with Crippen LogP contribution >= 0.6 is 0 Å². The highest BCUT2D eigenvalue weighted by molar-refractivity contribution is 5.98. The van der Waals surface area contributed by atoms with Gasteiger partial charge in [0.15, 0.2) is 6.29 Å². The van der Waals surface area contributed by atoms with Crippen LogP contribution < -0.4 is 5.32 Å². The molecule has 1 aromatic rings. The van der Waals surface area contributed by atoms with Crippen LogP contribution in [0.25, 0.3) is 0 Å². The molecule has 15 heavy (non-hydrogen) atoms. The van der Waals surface area contributed by atoms with Crippen LogP contribution in [-0.2, 0) is 20.7 Å². The van der Waals surface area contributed by atoms with Crippen molar-refractivity contribution in [1.82, 2.24) is 4.98 Å². The number of nitrogens with one attached hydrogen (secondary N) is 1. The lowest BCUT2D eigenvalue weighted by molar-refractivity contribution is -0.115. The fourth-order valence-electron chi connectivity index (χ4n) is 1.90. The summed E-state index contributed by atoms with van der Waals surface area (Å²) in [4.78, 5) is 15.3. The zero-order chi connectivity index (χ0) is 10.3. The van der Waals surface area contributed by atoms with E-state index in [1.165, 1.54) is 0 Å². The van der Waals surface area contributed by atoms with Gasteiger partial charge in [0.25, 0.3) is 0 Å². The number of rotatable bonds is 1.